The molecule has 4 nitrogen and oxygen atoms in total. The molecule has 2 rings (SSSR count). The normalized spacial score (nSPS) is 19.4. The summed E-state index contributed by atoms with van der Waals surface area (Å²) in [6.07, 6.45) is 3.88. The van der Waals surface area contributed by atoms with Gasteiger partial charge in [0.05, 0.1) is 13.0 Å². The molecule has 1 aliphatic heterocycles. The van der Waals surface area contributed by atoms with Crippen molar-refractivity contribution in [2.24, 2.45) is 0 Å². The van der Waals surface area contributed by atoms with Crippen molar-refractivity contribution in [1.82, 2.24) is 10.2 Å². The Bertz CT molecular complexity index is 445. The molecule has 1 aromatic carbocycles. The summed E-state index contributed by atoms with van der Waals surface area (Å²) in [5.74, 6) is 0.0661. The maximum Gasteiger partial charge on any atom is 0.224 e. The summed E-state index contributed by atoms with van der Waals surface area (Å²) in [7, 11) is 0. The third-order valence-corrected chi connectivity index (χ3v) is 4.17. The van der Waals surface area contributed by atoms with Crippen LogP contribution in [-0.4, -0.2) is 48.2 Å². The van der Waals surface area contributed by atoms with Crippen molar-refractivity contribution < 1.29 is 9.90 Å². The van der Waals surface area contributed by atoms with Gasteiger partial charge in [-0.3, -0.25) is 9.69 Å². The van der Waals surface area contributed by atoms with Gasteiger partial charge in [0.2, 0.25) is 5.91 Å². The van der Waals surface area contributed by atoms with Crippen LogP contribution in [0.3, 0.4) is 0 Å². The van der Waals surface area contributed by atoms with Crippen LogP contribution in [0.15, 0.2) is 24.3 Å². The topological polar surface area (TPSA) is 52.6 Å². The molecule has 0 radical (unpaired) electrons. The number of likely N-dealkylation sites (tertiary alicyclic amines) is 1. The lowest BCUT2D eigenvalue weighted by molar-refractivity contribution is -0.120. The number of carbonyl (C=O) groups is 1. The number of carbonyl (C=O) groups excluding carboxylic acids is 1. The maximum atomic E-state index is 11.9. The van der Waals surface area contributed by atoms with E-state index in [9.17, 15) is 9.90 Å². The van der Waals surface area contributed by atoms with Crippen molar-refractivity contribution in [1.29, 1.82) is 0 Å². The van der Waals surface area contributed by atoms with E-state index in [0.29, 0.717) is 13.0 Å². The second-order valence-corrected chi connectivity index (χ2v) is 5.88. The van der Waals surface area contributed by atoms with E-state index >= 15 is 0 Å². The van der Waals surface area contributed by atoms with E-state index in [0.717, 1.165) is 25.1 Å². The molecule has 0 aromatic heterocycles. The number of aryl methyl sites for hydroxylation is 1. The molecule has 0 bridgehead atoms. The molecule has 4 heteroatoms. The van der Waals surface area contributed by atoms with Crippen LogP contribution in [0, 0.1) is 6.92 Å². The average molecular weight is 290 g/mol. The van der Waals surface area contributed by atoms with Crippen LogP contribution < -0.4 is 5.32 Å². The van der Waals surface area contributed by atoms with Crippen molar-refractivity contribution in [2.75, 3.05) is 26.2 Å². The number of aliphatic hydroxyl groups excluding tert-OH is 1. The minimum absolute atomic E-state index is 0.0661. The fraction of sp³-hybridized carbons (Fsp3) is 0.588. The smallest absolute Gasteiger partial charge is 0.224 e. The Kier molecular flexibility index (Phi) is 6.21. The van der Waals surface area contributed by atoms with Gasteiger partial charge in [-0.15, -0.1) is 0 Å². The summed E-state index contributed by atoms with van der Waals surface area (Å²) in [5, 5.41) is 12.3. The predicted molar refractivity (Wildman–Crippen MR) is 84.2 cm³/mol. The predicted octanol–water partition coefficient (Wildman–Crippen LogP) is 1.50. The molecule has 0 aliphatic carbocycles. The van der Waals surface area contributed by atoms with Gasteiger partial charge in [-0.25, -0.2) is 0 Å². The SMILES string of the molecule is Cc1ccc(CC(=O)NCCN2CCCCC2CO)cc1. The average Bonchev–Trinajstić information content (AvgIpc) is 2.50. The van der Waals surface area contributed by atoms with Gasteiger partial charge in [-0.05, 0) is 31.9 Å². The second-order valence-electron chi connectivity index (χ2n) is 5.88. The van der Waals surface area contributed by atoms with Crippen LogP contribution in [0.5, 0.6) is 0 Å². The molecule has 116 valence electrons. The van der Waals surface area contributed by atoms with Crippen LogP contribution in [0.2, 0.25) is 0 Å². The number of benzene rings is 1. The highest BCUT2D eigenvalue weighted by Gasteiger charge is 2.20. The Morgan fingerprint density at radius 1 is 1.33 bits per heavy atom. The minimum atomic E-state index is 0.0661. The Balaban J connectivity index is 1.70. The first-order chi connectivity index (χ1) is 10.2. The van der Waals surface area contributed by atoms with Crippen molar-refractivity contribution in [3.05, 3.63) is 35.4 Å². The summed E-state index contributed by atoms with van der Waals surface area (Å²) in [5.41, 5.74) is 2.25. The number of nitrogens with one attached hydrogen (secondary N) is 1. The van der Waals surface area contributed by atoms with Gasteiger partial charge >= 0.3 is 0 Å². The van der Waals surface area contributed by atoms with E-state index in [1.807, 2.05) is 31.2 Å². The highest BCUT2D eigenvalue weighted by Crippen LogP contribution is 2.15. The molecule has 1 saturated heterocycles. The van der Waals surface area contributed by atoms with Gasteiger partial charge in [0.25, 0.3) is 0 Å². The lowest BCUT2D eigenvalue weighted by atomic mass is 10.0. The summed E-state index contributed by atoms with van der Waals surface area (Å²) < 4.78 is 0. The number of hydrogen-bond acceptors (Lipinski definition) is 3. The molecule has 0 spiro atoms. The van der Waals surface area contributed by atoms with Gasteiger partial charge in [-0.1, -0.05) is 36.2 Å². The molecule has 1 amide bonds. The Morgan fingerprint density at radius 2 is 2.10 bits per heavy atom. The Morgan fingerprint density at radius 3 is 2.81 bits per heavy atom. The maximum absolute atomic E-state index is 11.9. The van der Waals surface area contributed by atoms with Gasteiger partial charge in [0.1, 0.15) is 0 Å². The van der Waals surface area contributed by atoms with E-state index in [1.165, 1.54) is 18.4 Å². The molecule has 1 aliphatic rings. The van der Waals surface area contributed by atoms with Crippen molar-refractivity contribution >= 4 is 5.91 Å². The summed E-state index contributed by atoms with van der Waals surface area (Å²) >= 11 is 0. The molecule has 1 fully saturated rings. The lowest BCUT2D eigenvalue weighted by Gasteiger charge is -2.34. The fourth-order valence-corrected chi connectivity index (χ4v) is 2.85. The van der Waals surface area contributed by atoms with Gasteiger partial charge < -0.3 is 10.4 Å². The third-order valence-electron chi connectivity index (χ3n) is 4.17. The molecule has 1 aromatic rings. The zero-order valence-corrected chi connectivity index (χ0v) is 12.8. The van der Waals surface area contributed by atoms with Crippen LogP contribution >= 0.6 is 0 Å². The van der Waals surface area contributed by atoms with Crippen LogP contribution in [0.25, 0.3) is 0 Å². The molecule has 0 saturated carbocycles. The van der Waals surface area contributed by atoms with E-state index in [2.05, 4.69) is 10.2 Å². The van der Waals surface area contributed by atoms with E-state index < -0.39 is 0 Å². The van der Waals surface area contributed by atoms with Gasteiger partial charge in [-0.2, -0.15) is 0 Å². The monoisotopic (exact) mass is 290 g/mol. The van der Waals surface area contributed by atoms with Crippen molar-refractivity contribution in [2.45, 2.75) is 38.6 Å². The number of aliphatic hydroxyl groups is 1. The van der Waals surface area contributed by atoms with E-state index in [-0.39, 0.29) is 18.6 Å². The summed E-state index contributed by atoms with van der Waals surface area (Å²) in [4.78, 5) is 14.2. The lowest BCUT2D eigenvalue weighted by Crippen LogP contribution is -2.45. The van der Waals surface area contributed by atoms with E-state index in [1.54, 1.807) is 0 Å². The number of nitrogens with zero attached hydrogens (tertiary/aromatic N) is 1. The minimum Gasteiger partial charge on any atom is -0.395 e. The largest absolute Gasteiger partial charge is 0.395 e. The van der Waals surface area contributed by atoms with Crippen molar-refractivity contribution in [3.63, 3.8) is 0 Å². The van der Waals surface area contributed by atoms with Gasteiger partial charge in [0, 0.05) is 19.1 Å². The van der Waals surface area contributed by atoms with Crippen LogP contribution in [0.1, 0.15) is 30.4 Å². The summed E-state index contributed by atoms with van der Waals surface area (Å²) in [6, 6.07) is 8.33. The molecule has 1 atom stereocenters. The highest BCUT2D eigenvalue weighted by atomic mass is 16.3. The first kappa shape index (κ1) is 16.0. The van der Waals surface area contributed by atoms with Crippen molar-refractivity contribution in [3.8, 4) is 0 Å². The Hall–Kier alpha value is -1.39. The van der Waals surface area contributed by atoms with Gasteiger partial charge in [0.15, 0.2) is 0 Å². The summed E-state index contributed by atoms with van der Waals surface area (Å²) in [6.45, 7) is 4.77. The number of rotatable bonds is 6. The number of piperidine rings is 1. The highest BCUT2D eigenvalue weighted by molar-refractivity contribution is 5.78. The molecule has 21 heavy (non-hydrogen) atoms. The Labute approximate surface area is 127 Å². The third kappa shape index (κ3) is 5.14. The number of amides is 1. The quantitative estimate of drug-likeness (QED) is 0.835. The first-order valence-electron chi connectivity index (χ1n) is 7.86. The fourth-order valence-electron chi connectivity index (χ4n) is 2.85. The zero-order valence-electron chi connectivity index (χ0n) is 12.8. The molecule has 1 heterocycles. The van der Waals surface area contributed by atoms with E-state index in [4.69, 9.17) is 0 Å². The number of hydrogen-bond donors (Lipinski definition) is 2. The molecule has 2 N–H and O–H groups in total. The molecule has 1 unspecified atom stereocenters. The van der Waals surface area contributed by atoms with Crippen LogP contribution in [-0.2, 0) is 11.2 Å². The van der Waals surface area contributed by atoms with Crippen LogP contribution in [0.4, 0.5) is 0 Å². The molecular weight excluding hydrogens is 264 g/mol. The second kappa shape index (κ2) is 8.15. The molecular formula is C17H26N2O2. The first-order valence-corrected chi connectivity index (χ1v) is 7.86. The zero-order chi connectivity index (χ0) is 15.1. The standard InChI is InChI=1S/C17H26N2O2/c1-14-5-7-15(8-6-14)12-17(21)18-9-11-19-10-3-2-4-16(19)13-20/h5-8,16,20H,2-4,9-13H2,1H3,(H,18,21).